The van der Waals surface area contributed by atoms with Crippen LogP contribution in [0.1, 0.15) is 13.3 Å². The quantitative estimate of drug-likeness (QED) is 0.211. The van der Waals surface area contributed by atoms with Crippen LogP contribution < -0.4 is 4.74 Å². The van der Waals surface area contributed by atoms with E-state index in [9.17, 15) is 15.3 Å². The van der Waals surface area contributed by atoms with E-state index in [-0.39, 0.29) is 17.2 Å². The Labute approximate surface area is 221 Å². The maximum atomic E-state index is 11.1. The third-order valence-electron chi connectivity index (χ3n) is 5.16. The molecule has 0 fully saturated rings. The van der Waals surface area contributed by atoms with Gasteiger partial charge >= 0.3 is 0 Å². The van der Waals surface area contributed by atoms with Crippen LogP contribution in [-0.4, -0.2) is 21.9 Å². The molecule has 8 heteroatoms. The molecule has 0 aromatic heterocycles. The summed E-state index contributed by atoms with van der Waals surface area (Å²) in [6.45, 7) is 2.62. The zero-order valence-corrected chi connectivity index (χ0v) is 22.0. The second-order valence-corrected chi connectivity index (χ2v) is 12.0. The van der Waals surface area contributed by atoms with Gasteiger partial charge in [-0.1, -0.05) is 78.2 Å². The number of hydrogen-bond acceptors (Lipinski definition) is 8. The highest BCUT2D eigenvalue weighted by molar-refractivity contribution is 8.01. The van der Waals surface area contributed by atoms with Gasteiger partial charge in [0.1, 0.15) is 23.0 Å². The fourth-order valence-corrected chi connectivity index (χ4v) is 7.62. The fourth-order valence-electron chi connectivity index (χ4n) is 3.48. The lowest BCUT2D eigenvalue weighted by Crippen LogP contribution is -1.98. The maximum Gasteiger partial charge on any atom is 0.147 e. The predicted molar refractivity (Wildman–Crippen MR) is 143 cm³/mol. The first-order valence-corrected chi connectivity index (χ1v) is 14.2. The van der Waals surface area contributed by atoms with Crippen molar-refractivity contribution < 1.29 is 20.1 Å². The van der Waals surface area contributed by atoms with E-state index in [1.165, 1.54) is 47.0 Å². The van der Waals surface area contributed by atoms with E-state index in [1.54, 1.807) is 0 Å². The van der Waals surface area contributed by atoms with Gasteiger partial charge in [0.05, 0.1) is 45.8 Å². The summed E-state index contributed by atoms with van der Waals surface area (Å²) in [5.41, 5.74) is 0. The molecule has 1 heterocycles. The number of hydrogen-bond donors (Lipinski definition) is 3. The highest BCUT2D eigenvalue weighted by Crippen LogP contribution is 2.52. The lowest BCUT2D eigenvalue weighted by molar-refractivity contribution is 0.302. The molecule has 8 bridgehead atoms. The van der Waals surface area contributed by atoms with Crippen molar-refractivity contribution in [1.82, 2.24) is 0 Å². The molecule has 4 aromatic rings. The van der Waals surface area contributed by atoms with Crippen molar-refractivity contribution in [2.24, 2.45) is 0 Å². The van der Waals surface area contributed by atoms with Gasteiger partial charge in [-0.25, -0.2) is 0 Å². The number of rotatable bonds is 3. The van der Waals surface area contributed by atoms with Gasteiger partial charge in [0.2, 0.25) is 0 Å². The molecule has 1 aliphatic heterocycles. The summed E-state index contributed by atoms with van der Waals surface area (Å²) < 4.78 is 6.19. The third-order valence-corrected chi connectivity index (χ3v) is 9.54. The molecular weight excluding hydrogens is 517 g/mol. The SMILES string of the molecule is CCCOc1c2cccc1Sc1cccc(c1O)Sc1cccc(c1O)Sc1cccc(c1O)S2. The Kier molecular flexibility index (Phi) is 7.34. The smallest absolute Gasteiger partial charge is 0.147 e. The average Bonchev–Trinajstić information content (AvgIpc) is 2.85. The van der Waals surface area contributed by atoms with Gasteiger partial charge < -0.3 is 20.1 Å². The van der Waals surface area contributed by atoms with Gasteiger partial charge in [-0.05, 0) is 55.0 Å². The zero-order valence-electron chi connectivity index (χ0n) is 18.7. The van der Waals surface area contributed by atoms with Crippen LogP contribution in [0.25, 0.3) is 0 Å². The van der Waals surface area contributed by atoms with Crippen molar-refractivity contribution in [3.8, 4) is 23.0 Å². The number of phenolic OH excluding ortho intramolecular Hbond substituents is 3. The lowest BCUT2D eigenvalue weighted by Gasteiger charge is -2.18. The number of fused-ring (bicyclic) bond motifs is 8. The molecule has 0 saturated carbocycles. The first-order chi connectivity index (χ1) is 17.0. The number of phenols is 3. The normalized spacial score (nSPS) is 12.8. The predicted octanol–water partition coefficient (Wildman–Crippen LogP) is 8.51. The topological polar surface area (TPSA) is 69.9 Å². The van der Waals surface area contributed by atoms with E-state index in [1.807, 2.05) is 72.8 Å². The van der Waals surface area contributed by atoms with Crippen molar-refractivity contribution in [3.05, 3.63) is 72.8 Å². The Morgan fingerprint density at radius 2 is 0.800 bits per heavy atom. The summed E-state index contributed by atoms with van der Waals surface area (Å²) in [5, 5.41) is 33.2. The molecule has 178 valence electrons. The highest BCUT2D eigenvalue weighted by Gasteiger charge is 2.20. The van der Waals surface area contributed by atoms with Crippen LogP contribution >= 0.6 is 47.0 Å². The summed E-state index contributed by atoms with van der Waals surface area (Å²) in [4.78, 5) is 5.68. The van der Waals surface area contributed by atoms with Crippen molar-refractivity contribution in [2.75, 3.05) is 6.61 Å². The van der Waals surface area contributed by atoms with Crippen LogP contribution in [0.5, 0.6) is 23.0 Å². The van der Waals surface area contributed by atoms with Crippen molar-refractivity contribution in [2.45, 2.75) is 52.5 Å². The fraction of sp³-hybridized carbons (Fsp3) is 0.111. The Morgan fingerprint density at radius 1 is 0.514 bits per heavy atom. The summed E-state index contributed by atoms with van der Waals surface area (Å²) in [6, 6.07) is 22.6. The van der Waals surface area contributed by atoms with Gasteiger partial charge in [-0.15, -0.1) is 0 Å². The largest absolute Gasteiger partial charge is 0.506 e. The minimum atomic E-state index is 0.116. The molecule has 4 nitrogen and oxygen atoms in total. The molecule has 0 amide bonds. The van der Waals surface area contributed by atoms with Crippen LogP contribution in [0.2, 0.25) is 0 Å². The van der Waals surface area contributed by atoms with E-state index < -0.39 is 0 Å². The molecule has 0 saturated heterocycles. The molecule has 4 aromatic carbocycles. The molecule has 0 atom stereocenters. The van der Waals surface area contributed by atoms with Gasteiger partial charge in [-0.2, -0.15) is 0 Å². The highest BCUT2D eigenvalue weighted by atomic mass is 32.2. The first kappa shape index (κ1) is 24.2. The molecular formula is C27H22O4S4. The Morgan fingerprint density at radius 3 is 1.11 bits per heavy atom. The van der Waals surface area contributed by atoms with Crippen LogP contribution in [0, 0.1) is 0 Å². The van der Waals surface area contributed by atoms with Crippen LogP contribution in [0.3, 0.4) is 0 Å². The van der Waals surface area contributed by atoms with Crippen molar-refractivity contribution in [1.29, 1.82) is 0 Å². The molecule has 0 aliphatic carbocycles. The number of ether oxygens (including phenoxy) is 1. The summed E-state index contributed by atoms with van der Waals surface area (Å²) >= 11 is 5.47. The molecule has 5 rings (SSSR count). The van der Waals surface area contributed by atoms with E-state index in [2.05, 4.69) is 6.92 Å². The van der Waals surface area contributed by atoms with E-state index >= 15 is 0 Å². The molecule has 3 N–H and O–H groups in total. The zero-order chi connectivity index (χ0) is 24.4. The number of aromatic hydroxyl groups is 3. The summed E-state index contributed by atoms with van der Waals surface area (Å²) in [6.07, 6.45) is 0.860. The molecule has 0 unspecified atom stereocenters. The van der Waals surface area contributed by atoms with Crippen molar-refractivity contribution in [3.63, 3.8) is 0 Å². The van der Waals surface area contributed by atoms with Gasteiger partial charge in [0, 0.05) is 0 Å². The van der Waals surface area contributed by atoms with Gasteiger partial charge in [-0.3, -0.25) is 0 Å². The molecule has 35 heavy (non-hydrogen) atoms. The molecule has 0 radical (unpaired) electrons. The van der Waals surface area contributed by atoms with Crippen LogP contribution in [0.15, 0.2) is 112 Å². The first-order valence-electron chi connectivity index (χ1n) is 11.0. The third kappa shape index (κ3) is 5.07. The number of para-hydroxylation sites is 4. The second-order valence-electron chi connectivity index (χ2n) is 7.65. The monoisotopic (exact) mass is 538 g/mol. The Hall–Kier alpha value is -2.52. The second kappa shape index (κ2) is 10.6. The van der Waals surface area contributed by atoms with Crippen LogP contribution in [-0.2, 0) is 0 Å². The van der Waals surface area contributed by atoms with E-state index in [0.717, 1.165) is 22.0 Å². The minimum absolute atomic E-state index is 0.116. The van der Waals surface area contributed by atoms with Crippen molar-refractivity contribution >= 4 is 47.0 Å². The van der Waals surface area contributed by atoms with E-state index in [0.29, 0.717) is 36.0 Å². The maximum absolute atomic E-state index is 11.1. The Balaban J connectivity index is 1.71. The van der Waals surface area contributed by atoms with Gasteiger partial charge in [0.25, 0.3) is 0 Å². The standard InChI is InChI=1S/C27H22O4S4/c1-2-15-31-27-22-13-6-14-23(27)35-21-12-5-10-19(26(21)30)33-17-8-3-7-16(24(17)28)32-18-9-4-11-20(34-22)25(18)29/h3-14,28-30H,2,15H2,1H3. The molecule has 0 spiro atoms. The van der Waals surface area contributed by atoms with E-state index in [4.69, 9.17) is 4.74 Å². The van der Waals surface area contributed by atoms with Crippen LogP contribution in [0.4, 0.5) is 0 Å². The molecule has 1 aliphatic rings. The number of benzene rings is 4. The Bertz CT molecular complexity index is 1300. The summed E-state index contributed by atoms with van der Waals surface area (Å²) in [5.74, 6) is 1.17. The summed E-state index contributed by atoms with van der Waals surface area (Å²) in [7, 11) is 0. The minimum Gasteiger partial charge on any atom is -0.506 e. The average molecular weight is 539 g/mol. The van der Waals surface area contributed by atoms with Gasteiger partial charge in [0.15, 0.2) is 0 Å². The lowest BCUT2D eigenvalue weighted by atomic mass is 10.3.